The minimum Gasteiger partial charge on any atom is -0.295 e. The highest BCUT2D eigenvalue weighted by molar-refractivity contribution is 7.98. The van der Waals surface area contributed by atoms with Crippen LogP contribution >= 0.6 is 11.8 Å². The van der Waals surface area contributed by atoms with Crippen LogP contribution in [0, 0.1) is 28.6 Å². The molecule has 4 aliphatic rings. The van der Waals surface area contributed by atoms with E-state index in [9.17, 15) is 4.79 Å². The van der Waals surface area contributed by atoms with E-state index in [1.54, 1.807) is 0 Å². The van der Waals surface area contributed by atoms with E-state index >= 15 is 0 Å². The molecule has 0 radical (unpaired) electrons. The summed E-state index contributed by atoms with van der Waals surface area (Å²) in [5.41, 5.74) is 3.84. The lowest BCUT2D eigenvalue weighted by Gasteiger charge is -2.58. The van der Waals surface area contributed by atoms with E-state index in [1.807, 2.05) is 11.8 Å². The van der Waals surface area contributed by atoms with Crippen molar-refractivity contribution in [3.63, 3.8) is 0 Å². The van der Waals surface area contributed by atoms with Crippen LogP contribution in [-0.4, -0.2) is 12.0 Å². The van der Waals surface area contributed by atoms with Crippen LogP contribution in [0.1, 0.15) is 70.3 Å². The van der Waals surface area contributed by atoms with Crippen molar-refractivity contribution < 1.29 is 4.79 Å². The average Bonchev–Trinajstić information content (AvgIpc) is 3.11. The highest BCUT2D eigenvalue weighted by atomic mass is 32.2. The summed E-state index contributed by atoms with van der Waals surface area (Å²) in [5, 5.41) is 0. The highest BCUT2D eigenvalue weighted by Gasteiger charge is 2.57. The van der Waals surface area contributed by atoms with Crippen LogP contribution in [0.2, 0.25) is 0 Å². The number of rotatable bonds is 3. The summed E-state index contributed by atoms with van der Waals surface area (Å²) in [6, 6.07) is 9.26. The van der Waals surface area contributed by atoms with Gasteiger partial charge in [-0.1, -0.05) is 31.1 Å². The first-order valence-electron chi connectivity index (χ1n) is 11.4. The Labute approximate surface area is 174 Å². The van der Waals surface area contributed by atoms with E-state index in [-0.39, 0.29) is 5.41 Å². The van der Waals surface area contributed by atoms with Crippen molar-refractivity contribution >= 4 is 17.5 Å². The SMILES string of the molecule is CSc1ccc(C[C@]23CCC(=O)C=C2CC[C@H]2[C@@H]4CCC[C@@]4(C)CC[C@@H]23)cc1. The number of allylic oxidation sites excluding steroid dienone is 1. The smallest absolute Gasteiger partial charge is 0.155 e. The van der Waals surface area contributed by atoms with Crippen molar-refractivity contribution in [2.45, 2.75) is 76.0 Å². The Kier molecular flexibility index (Phi) is 4.77. The van der Waals surface area contributed by atoms with Crippen LogP contribution in [0.5, 0.6) is 0 Å². The molecule has 1 aromatic rings. The van der Waals surface area contributed by atoms with Gasteiger partial charge < -0.3 is 0 Å². The molecule has 28 heavy (non-hydrogen) atoms. The molecule has 0 bridgehead atoms. The third kappa shape index (κ3) is 2.93. The van der Waals surface area contributed by atoms with Gasteiger partial charge in [0.2, 0.25) is 0 Å². The molecular weight excluding hydrogens is 360 g/mol. The summed E-state index contributed by atoms with van der Waals surface area (Å²) in [7, 11) is 0. The maximum atomic E-state index is 12.3. The van der Waals surface area contributed by atoms with Crippen molar-refractivity contribution in [1.29, 1.82) is 0 Å². The normalized spacial score (nSPS) is 39.7. The quantitative estimate of drug-likeness (QED) is 0.521. The summed E-state index contributed by atoms with van der Waals surface area (Å²) in [5.74, 6) is 2.98. The Morgan fingerprint density at radius 1 is 1.00 bits per heavy atom. The third-order valence-electron chi connectivity index (χ3n) is 9.15. The van der Waals surface area contributed by atoms with E-state index in [4.69, 9.17) is 0 Å². The van der Waals surface area contributed by atoms with Gasteiger partial charge in [0.15, 0.2) is 5.78 Å². The van der Waals surface area contributed by atoms with E-state index in [2.05, 4.69) is 43.5 Å². The summed E-state index contributed by atoms with van der Waals surface area (Å²) in [6.07, 6.45) is 16.9. The van der Waals surface area contributed by atoms with Gasteiger partial charge >= 0.3 is 0 Å². The van der Waals surface area contributed by atoms with Gasteiger partial charge in [-0.05, 0) is 110 Å². The molecule has 0 N–H and O–H groups in total. The highest BCUT2D eigenvalue weighted by Crippen LogP contribution is 2.66. The molecule has 5 atom stereocenters. The molecule has 4 aliphatic carbocycles. The predicted molar refractivity (Wildman–Crippen MR) is 118 cm³/mol. The molecule has 0 saturated heterocycles. The standard InChI is InChI=1S/C26H34OS/c1-25-13-3-4-23(25)22-10-7-19-16-20(27)11-15-26(19,24(22)12-14-25)17-18-5-8-21(28-2)9-6-18/h5-6,8-9,16,22-24H,3-4,7,10-15,17H2,1-2H3/t22-,23-,24-,25-,26+/m0/s1. The summed E-state index contributed by atoms with van der Waals surface area (Å²) >= 11 is 1.82. The molecule has 2 heteroatoms. The molecule has 0 amide bonds. The summed E-state index contributed by atoms with van der Waals surface area (Å²) in [6.45, 7) is 2.59. The molecule has 0 unspecified atom stereocenters. The van der Waals surface area contributed by atoms with E-state index in [0.717, 1.165) is 37.0 Å². The molecule has 1 nitrogen and oxygen atoms in total. The maximum Gasteiger partial charge on any atom is 0.155 e. The Hall–Kier alpha value is -1.02. The molecule has 0 heterocycles. The van der Waals surface area contributed by atoms with E-state index < -0.39 is 0 Å². The number of benzene rings is 1. The number of carbonyl (C=O) groups is 1. The minimum absolute atomic E-state index is 0.252. The Bertz CT molecular complexity index is 793. The zero-order chi connectivity index (χ0) is 19.4. The number of hydrogen-bond acceptors (Lipinski definition) is 2. The maximum absolute atomic E-state index is 12.3. The van der Waals surface area contributed by atoms with E-state index in [0.29, 0.717) is 11.2 Å². The van der Waals surface area contributed by atoms with Gasteiger partial charge in [0.05, 0.1) is 0 Å². The number of thioether (sulfide) groups is 1. The fraction of sp³-hybridized carbons (Fsp3) is 0.654. The largest absolute Gasteiger partial charge is 0.295 e. The molecule has 3 saturated carbocycles. The Balaban J connectivity index is 1.52. The van der Waals surface area contributed by atoms with Gasteiger partial charge in [-0.25, -0.2) is 0 Å². The molecular formula is C26H34OS. The van der Waals surface area contributed by atoms with Gasteiger partial charge in [0.25, 0.3) is 0 Å². The number of carbonyl (C=O) groups excluding carboxylic acids is 1. The fourth-order valence-corrected chi connectivity index (χ4v) is 8.20. The lowest BCUT2D eigenvalue weighted by molar-refractivity contribution is -0.117. The topological polar surface area (TPSA) is 17.1 Å². The van der Waals surface area contributed by atoms with Gasteiger partial charge in [-0.15, -0.1) is 11.8 Å². The third-order valence-corrected chi connectivity index (χ3v) is 9.89. The van der Waals surface area contributed by atoms with Crippen molar-refractivity contribution in [2.75, 3.05) is 6.26 Å². The van der Waals surface area contributed by atoms with Crippen LogP contribution in [0.4, 0.5) is 0 Å². The first-order chi connectivity index (χ1) is 13.5. The Morgan fingerprint density at radius 3 is 2.61 bits per heavy atom. The number of hydrogen-bond donors (Lipinski definition) is 0. The van der Waals surface area contributed by atoms with Crippen LogP contribution < -0.4 is 0 Å². The first kappa shape index (κ1) is 19.0. The minimum atomic E-state index is 0.252. The van der Waals surface area contributed by atoms with Gasteiger partial charge in [-0.2, -0.15) is 0 Å². The molecule has 150 valence electrons. The van der Waals surface area contributed by atoms with Crippen LogP contribution in [0.25, 0.3) is 0 Å². The molecule has 5 rings (SSSR count). The molecule has 1 aromatic carbocycles. The predicted octanol–water partition coefficient (Wildman–Crippen LogP) is 6.85. The van der Waals surface area contributed by atoms with Crippen molar-refractivity contribution in [3.8, 4) is 0 Å². The van der Waals surface area contributed by atoms with Gasteiger partial charge in [0.1, 0.15) is 0 Å². The van der Waals surface area contributed by atoms with Crippen molar-refractivity contribution in [1.82, 2.24) is 0 Å². The van der Waals surface area contributed by atoms with Crippen LogP contribution in [0.15, 0.2) is 40.8 Å². The molecule has 0 aromatic heterocycles. The summed E-state index contributed by atoms with van der Waals surface area (Å²) in [4.78, 5) is 13.7. The number of ketones is 1. The molecule has 3 fully saturated rings. The molecule has 0 spiro atoms. The van der Waals surface area contributed by atoms with E-state index in [1.165, 1.54) is 61.0 Å². The van der Waals surface area contributed by atoms with Gasteiger partial charge in [0, 0.05) is 11.3 Å². The molecule has 0 aliphatic heterocycles. The van der Waals surface area contributed by atoms with Gasteiger partial charge in [-0.3, -0.25) is 4.79 Å². The van der Waals surface area contributed by atoms with Crippen LogP contribution in [-0.2, 0) is 11.2 Å². The van der Waals surface area contributed by atoms with Crippen molar-refractivity contribution in [3.05, 3.63) is 41.5 Å². The lowest BCUT2D eigenvalue weighted by atomic mass is 9.46. The second kappa shape index (κ2) is 7.04. The lowest BCUT2D eigenvalue weighted by Crippen LogP contribution is -2.51. The average molecular weight is 395 g/mol. The number of fused-ring (bicyclic) bond motifs is 5. The monoisotopic (exact) mass is 394 g/mol. The second-order valence-corrected chi connectivity index (χ2v) is 11.2. The van der Waals surface area contributed by atoms with Crippen molar-refractivity contribution in [2.24, 2.45) is 28.6 Å². The zero-order valence-electron chi connectivity index (χ0n) is 17.5. The zero-order valence-corrected chi connectivity index (χ0v) is 18.3. The summed E-state index contributed by atoms with van der Waals surface area (Å²) < 4.78 is 0. The second-order valence-electron chi connectivity index (χ2n) is 10.3. The Morgan fingerprint density at radius 2 is 1.82 bits per heavy atom. The van der Waals surface area contributed by atoms with Crippen LogP contribution in [0.3, 0.4) is 0 Å². The first-order valence-corrected chi connectivity index (χ1v) is 12.6. The fourth-order valence-electron chi connectivity index (χ4n) is 7.79.